The van der Waals surface area contributed by atoms with Crippen LogP contribution in [0.2, 0.25) is 5.28 Å². The Labute approximate surface area is 164 Å². The van der Waals surface area contributed by atoms with Crippen molar-refractivity contribution in [3.8, 4) is 0 Å². The van der Waals surface area contributed by atoms with E-state index >= 15 is 0 Å². The molecule has 0 aliphatic heterocycles. The van der Waals surface area contributed by atoms with Crippen molar-refractivity contribution in [1.29, 1.82) is 0 Å². The van der Waals surface area contributed by atoms with E-state index in [1.807, 2.05) is 38.1 Å². The third-order valence-corrected chi connectivity index (χ3v) is 6.16. The minimum absolute atomic E-state index is 0.0176. The van der Waals surface area contributed by atoms with Crippen LogP contribution in [0.15, 0.2) is 12.1 Å². The summed E-state index contributed by atoms with van der Waals surface area (Å²) in [6.07, 6.45) is 4.47. The predicted molar refractivity (Wildman–Crippen MR) is 105 cm³/mol. The summed E-state index contributed by atoms with van der Waals surface area (Å²) in [6.45, 7) is 2.27. The molecular formula is C19H26ClN5O2. The number of aromatic nitrogens is 3. The molecule has 2 heterocycles. The maximum atomic E-state index is 12.7. The smallest absolute Gasteiger partial charge is 0.311 e. The Bertz CT molecular complexity index is 844. The molecule has 0 saturated heterocycles. The van der Waals surface area contributed by atoms with Crippen molar-refractivity contribution in [2.75, 3.05) is 30.9 Å². The van der Waals surface area contributed by atoms with E-state index in [1.165, 1.54) is 0 Å². The molecule has 0 amide bonds. The summed E-state index contributed by atoms with van der Waals surface area (Å²) >= 11 is 6.21. The second-order valence-corrected chi connectivity index (χ2v) is 8.07. The van der Waals surface area contributed by atoms with Gasteiger partial charge >= 0.3 is 5.97 Å². The van der Waals surface area contributed by atoms with Crippen LogP contribution >= 0.6 is 11.6 Å². The van der Waals surface area contributed by atoms with Crippen LogP contribution in [-0.2, 0) is 9.53 Å². The molecule has 2 atom stereocenters. The van der Waals surface area contributed by atoms with E-state index in [0.717, 1.165) is 37.0 Å². The number of anilines is 2. The Hall–Kier alpha value is -2.02. The fourth-order valence-electron chi connectivity index (χ4n) is 4.79. The Morgan fingerprint density at radius 1 is 1.30 bits per heavy atom. The normalized spacial score (nSPS) is 27.0. The zero-order valence-corrected chi connectivity index (χ0v) is 16.7. The first kappa shape index (κ1) is 18.3. The Balaban J connectivity index is 1.70. The number of hydrogen-bond acceptors (Lipinski definition) is 6. The van der Waals surface area contributed by atoms with Crippen LogP contribution in [0, 0.1) is 17.8 Å². The summed E-state index contributed by atoms with van der Waals surface area (Å²) in [4.78, 5) is 19.1. The highest BCUT2D eigenvalue weighted by atomic mass is 35.5. The standard InChI is InChI=1S/C19H26ClN5O2/c1-4-27-18(26)15-11-5-7-12(8-6-11)16(15)21-17-13-9-10-14(24(2)3)25(13)23-19(20)22-17/h9-12,15-16H,4-8H2,1-3H3,(H,21,22,23). The van der Waals surface area contributed by atoms with Crippen molar-refractivity contribution in [2.24, 2.45) is 17.8 Å². The molecule has 2 aromatic heterocycles. The lowest BCUT2D eigenvalue weighted by atomic mass is 9.61. The molecule has 0 spiro atoms. The highest BCUT2D eigenvalue weighted by molar-refractivity contribution is 6.28. The van der Waals surface area contributed by atoms with E-state index in [0.29, 0.717) is 24.3 Å². The number of esters is 1. The largest absolute Gasteiger partial charge is 0.466 e. The van der Waals surface area contributed by atoms with Gasteiger partial charge in [0.05, 0.1) is 12.5 Å². The number of carbonyl (C=O) groups is 1. The molecule has 1 N–H and O–H groups in total. The van der Waals surface area contributed by atoms with Crippen molar-refractivity contribution >= 4 is 34.7 Å². The number of carbonyl (C=O) groups excluding carboxylic acids is 1. The quantitative estimate of drug-likeness (QED) is 0.789. The molecule has 146 valence electrons. The number of nitrogens with one attached hydrogen (secondary N) is 1. The van der Waals surface area contributed by atoms with E-state index in [1.54, 1.807) is 4.52 Å². The first-order valence-electron chi connectivity index (χ1n) is 9.65. The van der Waals surface area contributed by atoms with Gasteiger partial charge in [-0.25, -0.2) is 4.52 Å². The number of hydrogen-bond donors (Lipinski definition) is 1. The average Bonchev–Trinajstić information content (AvgIpc) is 3.07. The molecule has 8 heteroatoms. The number of rotatable bonds is 5. The summed E-state index contributed by atoms with van der Waals surface area (Å²) in [5, 5.41) is 8.08. The van der Waals surface area contributed by atoms with Crippen LogP contribution in [0.4, 0.5) is 11.6 Å². The summed E-state index contributed by atoms with van der Waals surface area (Å²) < 4.78 is 7.19. The fourth-order valence-corrected chi connectivity index (χ4v) is 4.95. The molecule has 2 unspecified atom stereocenters. The molecule has 2 bridgehead atoms. The number of halogens is 1. The van der Waals surface area contributed by atoms with Gasteiger partial charge in [-0.05, 0) is 68.2 Å². The van der Waals surface area contributed by atoms with Gasteiger partial charge in [0.2, 0.25) is 5.28 Å². The lowest BCUT2D eigenvalue weighted by Gasteiger charge is -2.47. The first-order valence-corrected chi connectivity index (χ1v) is 10.0. The SMILES string of the molecule is CCOC(=O)C1C2CCC(CC2)C1Nc1nc(Cl)nn2c(N(C)C)ccc12. The third kappa shape index (κ3) is 3.22. The van der Waals surface area contributed by atoms with Crippen molar-refractivity contribution in [3.05, 3.63) is 17.4 Å². The predicted octanol–water partition coefficient (Wildman–Crippen LogP) is 3.23. The number of nitrogens with zero attached hydrogens (tertiary/aromatic N) is 4. The maximum absolute atomic E-state index is 12.7. The molecule has 3 saturated carbocycles. The molecular weight excluding hydrogens is 366 g/mol. The highest BCUT2D eigenvalue weighted by Gasteiger charge is 2.48. The molecule has 7 nitrogen and oxygen atoms in total. The van der Waals surface area contributed by atoms with Gasteiger partial charge in [0, 0.05) is 20.1 Å². The second kappa shape index (κ2) is 7.19. The van der Waals surface area contributed by atoms with E-state index in [2.05, 4.69) is 15.4 Å². The summed E-state index contributed by atoms with van der Waals surface area (Å²) in [5.41, 5.74) is 0.854. The molecule has 3 aliphatic rings. The van der Waals surface area contributed by atoms with Crippen LogP contribution in [0.3, 0.4) is 0 Å². The third-order valence-electron chi connectivity index (χ3n) is 6.00. The molecule has 5 rings (SSSR count). The van der Waals surface area contributed by atoms with Gasteiger partial charge in [0.15, 0.2) is 5.82 Å². The number of ether oxygens (including phenoxy) is 1. The summed E-state index contributed by atoms with van der Waals surface area (Å²) in [5.74, 6) is 2.20. The van der Waals surface area contributed by atoms with Gasteiger partial charge < -0.3 is 15.0 Å². The van der Waals surface area contributed by atoms with Crippen molar-refractivity contribution in [3.63, 3.8) is 0 Å². The van der Waals surface area contributed by atoms with Gasteiger partial charge in [-0.15, -0.1) is 5.10 Å². The minimum Gasteiger partial charge on any atom is -0.466 e. The Morgan fingerprint density at radius 3 is 2.67 bits per heavy atom. The van der Waals surface area contributed by atoms with Gasteiger partial charge in [0.25, 0.3) is 0 Å². The summed E-state index contributed by atoms with van der Waals surface area (Å²) in [6, 6.07) is 3.99. The molecule has 3 fully saturated rings. The first-order chi connectivity index (χ1) is 13.0. The number of fused-ring (bicyclic) bond motifs is 4. The lowest BCUT2D eigenvalue weighted by molar-refractivity contribution is -0.154. The van der Waals surface area contributed by atoms with Crippen LogP contribution in [0.1, 0.15) is 32.6 Å². The topological polar surface area (TPSA) is 71.8 Å². The van der Waals surface area contributed by atoms with Crippen molar-refractivity contribution in [2.45, 2.75) is 38.6 Å². The molecule has 0 radical (unpaired) electrons. The van der Waals surface area contributed by atoms with E-state index in [-0.39, 0.29) is 23.2 Å². The maximum Gasteiger partial charge on any atom is 0.311 e. The van der Waals surface area contributed by atoms with Gasteiger partial charge in [0.1, 0.15) is 11.3 Å². The van der Waals surface area contributed by atoms with Crippen molar-refractivity contribution in [1.82, 2.24) is 14.6 Å². The molecule has 0 aromatic carbocycles. The van der Waals surface area contributed by atoms with E-state index in [4.69, 9.17) is 16.3 Å². The molecule has 27 heavy (non-hydrogen) atoms. The highest BCUT2D eigenvalue weighted by Crippen LogP contribution is 2.47. The summed E-state index contributed by atoms with van der Waals surface area (Å²) in [7, 11) is 3.92. The average molecular weight is 392 g/mol. The monoisotopic (exact) mass is 391 g/mol. The van der Waals surface area contributed by atoms with Crippen LogP contribution in [0.5, 0.6) is 0 Å². The van der Waals surface area contributed by atoms with Crippen LogP contribution in [-0.4, -0.2) is 47.3 Å². The minimum atomic E-state index is -0.130. The Morgan fingerprint density at radius 2 is 2.00 bits per heavy atom. The lowest BCUT2D eigenvalue weighted by Crippen LogP contribution is -2.52. The molecule has 3 aliphatic carbocycles. The molecule has 2 aromatic rings. The Kier molecular flexibility index (Phi) is 4.88. The fraction of sp³-hybridized carbons (Fsp3) is 0.632. The zero-order chi connectivity index (χ0) is 19.1. The van der Waals surface area contributed by atoms with Gasteiger partial charge in [-0.3, -0.25) is 4.79 Å². The van der Waals surface area contributed by atoms with Crippen molar-refractivity contribution < 1.29 is 9.53 Å². The zero-order valence-electron chi connectivity index (χ0n) is 16.0. The van der Waals surface area contributed by atoms with E-state index < -0.39 is 0 Å². The van der Waals surface area contributed by atoms with Gasteiger partial charge in [-0.1, -0.05) is 0 Å². The van der Waals surface area contributed by atoms with Gasteiger partial charge in [-0.2, -0.15) is 4.98 Å². The van der Waals surface area contributed by atoms with Crippen LogP contribution < -0.4 is 10.2 Å². The van der Waals surface area contributed by atoms with Crippen LogP contribution in [0.25, 0.3) is 5.52 Å². The second-order valence-electron chi connectivity index (χ2n) is 7.74. The van der Waals surface area contributed by atoms with E-state index in [9.17, 15) is 4.79 Å².